The second kappa shape index (κ2) is 6.51. The molecule has 0 radical (unpaired) electrons. The van der Waals surface area contributed by atoms with Gasteiger partial charge in [-0.3, -0.25) is 10.1 Å². The summed E-state index contributed by atoms with van der Waals surface area (Å²) in [5.41, 5.74) is 2.35. The van der Waals surface area contributed by atoms with Crippen molar-refractivity contribution in [1.29, 1.82) is 0 Å². The molecule has 1 saturated heterocycles. The summed E-state index contributed by atoms with van der Waals surface area (Å²) in [6.45, 7) is 8.20. The topological polar surface area (TPSA) is 64.6 Å². The zero-order chi connectivity index (χ0) is 17.2. The molecule has 1 heterocycles. The van der Waals surface area contributed by atoms with Gasteiger partial charge < -0.3 is 9.47 Å². The van der Waals surface area contributed by atoms with Crippen LogP contribution in [0.1, 0.15) is 18.4 Å². The number of carbonyl (C=O) groups is 2. The smallest absolute Gasteiger partial charge is 0.411 e. The van der Waals surface area contributed by atoms with Crippen molar-refractivity contribution >= 4 is 17.7 Å². The number of fused-ring (bicyclic) bond motifs is 1. The Bertz CT molecular complexity index is 679. The van der Waals surface area contributed by atoms with Gasteiger partial charge in [0.2, 0.25) is 0 Å². The lowest BCUT2D eigenvalue weighted by Crippen LogP contribution is -2.31. The van der Waals surface area contributed by atoms with Crippen LogP contribution < -0.4 is 5.32 Å². The summed E-state index contributed by atoms with van der Waals surface area (Å²) in [4.78, 5) is 23.8. The van der Waals surface area contributed by atoms with Crippen LogP contribution in [0.25, 0.3) is 0 Å². The molecule has 0 spiro atoms. The molecular formula is C19H21NO4. The minimum Gasteiger partial charge on any atom is -0.465 e. The minimum atomic E-state index is -0.521. The Morgan fingerprint density at radius 3 is 2.88 bits per heavy atom. The van der Waals surface area contributed by atoms with Gasteiger partial charge in [0, 0.05) is 11.6 Å². The first-order chi connectivity index (χ1) is 11.5. The molecule has 2 atom stereocenters. The number of anilines is 1. The molecule has 3 rings (SSSR count). The van der Waals surface area contributed by atoms with Crippen molar-refractivity contribution in [3.8, 4) is 0 Å². The van der Waals surface area contributed by atoms with Gasteiger partial charge in [0.25, 0.3) is 0 Å². The number of rotatable bonds is 5. The normalized spacial score (nSPS) is 25.1. The quantitative estimate of drug-likeness (QED) is 0.664. The van der Waals surface area contributed by atoms with E-state index in [1.807, 2.05) is 12.1 Å². The maximum atomic E-state index is 12.3. The van der Waals surface area contributed by atoms with Gasteiger partial charge in [-0.05, 0) is 37.0 Å². The molecule has 0 bridgehead atoms. The molecule has 1 N–H and O–H groups in total. The first-order valence-electron chi connectivity index (χ1n) is 8.01. The van der Waals surface area contributed by atoms with Crippen molar-refractivity contribution in [3.05, 3.63) is 54.6 Å². The lowest BCUT2D eigenvalue weighted by atomic mass is 9.75. The van der Waals surface area contributed by atoms with E-state index in [4.69, 9.17) is 9.47 Å². The Morgan fingerprint density at radius 2 is 2.17 bits per heavy atom. The highest BCUT2D eigenvalue weighted by molar-refractivity contribution is 5.84. The zero-order valence-electron chi connectivity index (χ0n) is 13.5. The zero-order valence-corrected chi connectivity index (χ0v) is 13.5. The molecular weight excluding hydrogens is 306 g/mol. The number of allylic oxidation sites excluding steroid dienone is 1. The SMILES string of the molecule is C=CCOC(=O)Nc1ccc(C[C@@]23CC(=C)C[C@@H]2COC3=O)cc1. The molecule has 5 heteroatoms. The van der Waals surface area contributed by atoms with Crippen molar-refractivity contribution in [2.24, 2.45) is 11.3 Å². The van der Waals surface area contributed by atoms with E-state index in [1.54, 1.807) is 12.1 Å². The summed E-state index contributed by atoms with van der Waals surface area (Å²) < 4.78 is 10.2. The van der Waals surface area contributed by atoms with Crippen LogP contribution >= 0.6 is 0 Å². The van der Waals surface area contributed by atoms with Crippen molar-refractivity contribution in [2.45, 2.75) is 19.3 Å². The second-order valence-electron chi connectivity index (χ2n) is 6.47. The fourth-order valence-electron chi connectivity index (χ4n) is 3.62. The lowest BCUT2D eigenvalue weighted by Gasteiger charge is -2.24. The predicted molar refractivity (Wildman–Crippen MR) is 90.6 cm³/mol. The van der Waals surface area contributed by atoms with Crippen LogP contribution in [-0.2, 0) is 20.7 Å². The molecule has 126 valence electrons. The number of cyclic esters (lactones) is 1. The molecule has 1 aliphatic heterocycles. The number of amides is 1. The molecule has 0 aromatic heterocycles. The molecule has 0 unspecified atom stereocenters. The van der Waals surface area contributed by atoms with Crippen molar-refractivity contribution in [1.82, 2.24) is 0 Å². The molecule has 1 amide bonds. The highest BCUT2D eigenvalue weighted by Crippen LogP contribution is 2.52. The van der Waals surface area contributed by atoms with Gasteiger partial charge in [0.05, 0.1) is 12.0 Å². The van der Waals surface area contributed by atoms with Crippen LogP contribution in [0.4, 0.5) is 10.5 Å². The van der Waals surface area contributed by atoms with E-state index >= 15 is 0 Å². The van der Waals surface area contributed by atoms with Crippen LogP contribution in [0.15, 0.2) is 49.1 Å². The molecule has 2 fully saturated rings. The van der Waals surface area contributed by atoms with E-state index in [0.29, 0.717) is 25.1 Å². The fourth-order valence-corrected chi connectivity index (χ4v) is 3.62. The van der Waals surface area contributed by atoms with Gasteiger partial charge in [0.1, 0.15) is 6.61 Å². The number of nitrogens with one attached hydrogen (secondary N) is 1. The molecule has 24 heavy (non-hydrogen) atoms. The molecule has 2 aliphatic rings. The van der Waals surface area contributed by atoms with E-state index in [-0.39, 0.29) is 18.5 Å². The first kappa shape index (κ1) is 16.3. The Kier molecular flexibility index (Phi) is 4.42. The second-order valence-corrected chi connectivity index (χ2v) is 6.47. The highest BCUT2D eigenvalue weighted by atomic mass is 16.5. The molecule has 5 nitrogen and oxygen atoms in total. The number of hydrogen-bond acceptors (Lipinski definition) is 4. The van der Waals surface area contributed by atoms with E-state index in [9.17, 15) is 9.59 Å². The summed E-state index contributed by atoms with van der Waals surface area (Å²) in [5, 5.41) is 2.64. The van der Waals surface area contributed by atoms with Gasteiger partial charge in [0.15, 0.2) is 0 Å². The fraction of sp³-hybridized carbons (Fsp3) is 0.368. The number of hydrogen-bond donors (Lipinski definition) is 1. The highest BCUT2D eigenvalue weighted by Gasteiger charge is 2.55. The van der Waals surface area contributed by atoms with E-state index < -0.39 is 11.5 Å². The monoisotopic (exact) mass is 327 g/mol. The van der Waals surface area contributed by atoms with E-state index in [1.165, 1.54) is 6.08 Å². The minimum absolute atomic E-state index is 0.110. The number of carbonyl (C=O) groups excluding carboxylic acids is 2. The van der Waals surface area contributed by atoms with Crippen LogP contribution in [0.3, 0.4) is 0 Å². The Labute approximate surface area is 141 Å². The van der Waals surface area contributed by atoms with Crippen molar-refractivity contribution < 1.29 is 19.1 Å². The number of benzene rings is 1. The summed E-state index contributed by atoms with van der Waals surface area (Å²) in [5.74, 6) is 0.116. The van der Waals surface area contributed by atoms with E-state index in [0.717, 1.165) is 17.6 Å². The van der Waals surface area contributed by atoms with Gasteiger partial charge in [-0.1, -0.05) is 36.9 Å². The van der Waals surface area contributed by atoms with Gasteiger partial charge >= 0.3 is 12.1 Å². The molecule has 1 aromatic rings. The maximum absolute atomic E-state index is 12.3. The average molecular weight is 327 g/mol. The van der Waals surface area contributed by atoms with E-state index in [2.05, 4.69) is 18.5 Å². The maximum Gasteiger partial charge on any atom is 0.411 e. The summed E-state index contributed by atoms with van der Waals surface area (Å²) in [7, 11) is 0. The summed E-state index contributed by atoms with van der Waals surface area (Å²) >= 11 is 0. The van der Waals surface area contributed by atoms with Gasteiger partial charge in [-0.15, -0.1) is 0 Å². The van der Waals surface area contributed by atoms with Gasteiger partial charge in [-0.2, -0.15) is 0 Å². The third-order valence-corrected chi connectivity index (χ3v) is 4.76. The average Bonchev–Trinajstić information content (AvgIpc) is 3.02. The molecule has 1 saturated carbocycles. The summed E-state index contributed by atoms with van der Waals surface area (Å²) in [6, 6.07) is 7.45. The standard InChI is InChI=1S/C19H21NO4/c1-3-8-23-18(22)20-16-6-4-14(5-7-16)11-19-10-13(2)9-15(19)12-24-17(19)21/h3-7,15H,1-2,8-12H2,(H,20,22)/t15-,19+/m1/s1. The number of ether oxygens (including phenoxy) is 2. The molecule has 1 aromatic carbocycles. The van der Waals surface area contributed by atoms with Crippen LogP contribution in [0.2, 0.25) is 0 Å². The van der Waals surface area contributed by atoms with Crippen LogP contribution in [-0.4, -0.2) is 25.3 Å². The first-order valence-corrected chi connectivity index (χ1v) is 8.01. The van der Waals surface area contributed by atoms with Crippen molar-refractivity contribution in [3.63, 3.8) is 0 Å². The summed E-state index contributed by atoms with van der Waals surface area (Å²) in [6.07, 6.45) is 3.18. The Balaban J connectivity index is 1.68. The van der Waals surface area contributed by atoms with Gasteiger partial charge in [-0.25, -0.2) is 4.79 Å². The largest absolute Gasteiger partial charge is 0.465 e. The van der Waals surface area contributed by atoms with Crippen molar-refractivity contribution in [2.75, 3.05) is 18.5 Å². The molecule has 1 aliphatic carbocycles. The number of esters is 1. The Hall–Kier alpha value is -2.56. The van der Waals surface area contributed by atoms with Crippen LogP contribution in [0, 0.1) is 11.3 Å². The third kappa shape index (κ3) is 3.07. The Morgan fingerprint density at radius 1 is 1.42 bits per heavy atom. The third-order valence-electron chi connectivity index (χ3n) is 4.76. The predicted octanol–water partition coefficient (Wildman–Crippen LogP) is 3.47. The lowest BCUT2D eigenvalue weighted by molar-refractivity contribution is -0.146. The van der Waals surface area contributed by atoms with Crippen LogP contribution in [0.5, 0.6) is 0 Å².